The summed E-state index contributed by atoms with van der Waals surface area (Å²) in [6, 6.07) is 14.1. The first-order valence-electron chi connectivity index (χ1n) is 10.4. The molecule has 8 nitrogen and oxygen atoms in total. The zero-order chi connectivity index (χ0) is 23.1. The number of hydrogen-bond acceptors (Lipinski definition) is 6. The topological polar surface area (TPSA) is 102 Å². The fourth-order valence-corrected chi connectivity index (χ4v) is 3.35. The average molecular weight is 438 g/mol. The third-order valence-electron chi connectivity index (χ3n) is 5.07. The summed E-state index contributed by atoms with van der Waals surface area (Å²) < 4.78 is 10.0. The molecule has 2 amide bonds. The number of carbonyl (C=O) groups excluding carboxylic acids is 4. The number of aryl methyl sites for hydroxylation is 1. The van der Waals surface area contributed by atoms with Gasteiger partial charge in [-0.2, -0.15) is 0 Å². The lowest BCUT2D eigenvalue weighted by Crippen LogP contribution is -2.28. The molecule has 1 fully saturated rings. The highest BCUT2D eigenvalue weighted by Gasteiger charge is 2.35. The largest absolute Gasteiger partial charge is 0.462 e. The van der Waals surface area contributed by atoms with E-state index in [9.17, 15) is 19.2 Å². The van der Waals surface area contributed by atoms with Crippen molar-refractivity contribution in [3.8, 4) is 0 Å². The molecule has 2 aromatic rings. The summed E-state index contributed by atoms with van der Waals surface area (Å²) in [6.45, 7) is 4.23. The number of ether oxygens (including phenoxy) is 2. The van der Waals surface area contributed by atoms with E-state index in [-0.39, 0.29) is 25.5 Å². The molecule has 0 spiro atoms. The number of nitrogens with zero attached hydrogens (tertiary/aromatic N) is 1. The Balaban J connectivity index is 1.44. The molecule has 0 aromatic heterocycles. The smallest absolute Gasteiger partial charge is 0.338 e. The van der Waals surface area contributed by atoms with Gasteiger partial charge in [-0.1, -0.05) is 29.8 Å². The lowest BCUT2D eigenvalue weighted by molar-refractivity contribution is -0.151. The summed E-state index contributed by atoms with van der Waals surface area (Å²) in [4.78, 5) is 50.0. The second-order valence-corrected chi connectivity index (χ2v) is 7.61. The van der Waals surface area contributed by atoms with Crippen molar-refractivity contribution in [2.75, 3.05) is 25.1 Å². The molecule has 32 heavy (non-hydrogen) atoms. The number of likely N-dealkylation sites (tertiary alicyclic amines) is 1. The van der Waals surface area contributed by atoms with Crippen LogP contribution in [0.2, 0.25) is 0 Å². The summed E-state index contributed by atoms with van der Waals surface area (Å²) in [5, 5.41) is 2.60. The lowest BCUT2D eigenvalue weighted by Gasteiger charge is -2.16. The summed E-state index contributed by atoms with van der Waals surface area (Å²) in [7, 11) is 0. The van der Waals surface area contributed by atoms with E-state index in [1.807, 2.05) is 31.2 Å². The van der Waals surface area contributed by atoms with Crippen molar-refractivity contribution in [2.24, 2.45) is 5.92 Å². The number of amides is 2. The highest BCUT2D eigenvalue weighted by Crippen LogP contribution is 2.21. The predicted octanol–water partition coefficient (Wildman–Crippen LogP) is 2.70. The molecule has 0 aliphatic carbocycles. The number of carbonyl (C=O) groups is 4. The highest BCUT2D eigenvalue weighted by molar-refractivity contribution is 5.95. The standard InChI is InChI=1S/C24H26N2O6/c1-3-31-23(29)18-8-10-20(11-9-18)25-21(27)15-32-24(30)19-12-22(28)26(14-19)13-17-6-4-16(2)5-7-17/h4-11,19H,3,12-15H2,1-2H3,(H,25,27). The Bertz CT molecular complexity index is 985. The van der Waals surface area contributed by atoms with Crippen molar-refractivity contribution < 1.29 is 28.7 Å². The minimum atomic E-state index is -0.593. The molecule has 1 aliphatic heterocycles. The minimum absolute atomic E-state index is 0.0711. The predicted molar refractivity (Wildman–Crippen MR) is 117 cm³/mol. The number of rotatable bonds is 8. The molecule has 1 N–H and O–H groups in total. The van der Waals surface area contributed by atoms with E-state index >= 15 is 0 Å². The van der Waals surface area contributed by atoms with Crippen LogP contribution in [0.3, 0.4) is 0 Å². The van der Waals surface area contributed by atoms with Gasteiger partial charge in [-0.3, -0.25) is 14.4 Å². The maximum absolute atomic E-state index is 12.3. The van der Waals surface area contributed by atoms with Crippen molar-refractivity contribution >= 4 is 29.4 Å². The van der Waals surface area contributed by atoms with Crippen molar-refractivity contribution in [3.63, 3.8) is 0 Å². The zero-order valence-electron chi connectivity index (χ0n) is 18.1. The van der Waals surface area contributed by atoms with Crippen LogP contribution in [0.25, 0.3) is 0 Å². The van der Waals surface area contributed by atoms with Gasteiger partial charge in [0.15, 0.2) is 6.61 Å². The summed E-state index contributed by atoms with van der Waals surface area (Å²) in [5.74, 6) is -2.23. The molecular formula is C24H26N2O6. The normalized spacial score (nSPS) is 15.4. The molecule has 1 saturated heterocycles. The molecule has 168 valence electrons. The van der Waals surface area contributed by atoms with Crippen LogP contribution in [0.4, 0.5) is 5.69 Å². The van der Waals surface area contributed by atoms with Gasteiger partial charge < -0.3 is 19.7 Å². The van der Waals surface area contributed by atoms with Crippen molar-refractivity contribution in [2.45, 2.75) is 26.8 Å². The number of nitrogens with one attached hydrogen (secondary N) is 1. The van der Waals surface area contributed by atoms with Crippen LogP contribution < -0.4 is 5.32 Å². The second-order valence-electron chi connectivity index (χ2n) is 7.61. The van der Waals surface area contributed by atoms with Gasteiger partial charge in [-0.25, -0.2) is 4.79 Å². The lowest BCUT2D eigenvalue weighted by atomic mass is 10.1. The first-order valence-corrected chi connectivity index (χ1v) is 10.4. The Morgan fingerprint density at radius 3 is 2.38 bits per heavy atom. The van der Waals surface area contributed by atoms with Gasteiger partial charge in [0.05, 0.1) is 18.1 Å². The van der Waals surface area contributed by atoms with Crippen LogP contribution in [0.15, 0.2) is 48.5 Å². The quantitative estimate of drug-likeness (QED) is 0.636. The first-order chi connectivity index (χ1) is 15.4. The van der Waals surface area contributed by atoms with E-state index in [4.69, 9.17) is 9.47 Å². The van der Waals surface area contributed by atoms with Crippen molar-refractivity contribution in [1.82, 2.24) is 4.90 Å². The molecule has 1 atom stereocenters. The number of esters is 2. The number of hydrogen-bond donors (Lipinski definition) is 1. The van der Waals surface area contributed by atoms with E-state index in [1.54, 1.807) is 24.0 Å². The van der Waals surface area contributed by atoms with Gasteiger partial charge in [0.1, 0.15) is 0 Å². The molecule has 1 aliphatic rings. The molecule has 8 heteroatoms. The van der Waals surface area contributed by atoms with E-state index in [0.717, 1.165) is 11.1 Å². The minimum Gasteiger partial charge on any atom is -0.462 e. The number of benzene rings is 2. The van der Waals surface area contributed by atoms with Gasteiger partial charge in [0, 0.05) is 25.2 Å². The van der Waals surface area contributed by atoms with E-state index in [0.29, 0.717) is 17.8 Å². The molecule has 3 rings (SSSR count). The average Bonchev–Trinajstić information content (AvgIpc) is 3.14. The monoisotopic (exact) mass is 438 g/mol. The van der Waals surface area contributed by atoms with Gasteiger partial charge in [-0.05, 0) is 43.7 Å². The third kappa shape index (κ3) is 6.16. The Kier molecular flexibility index (Phi) is 7.59. The van der Waals surface area contributed by atoms with Gasteiger partial charge in [0.2, 0.25) is 5.91 Å². The first kappa shape index (κ1) is 23.0. The Hall–Kier alpha value is -3.68. The molecule has 1 unspecified atom stereocenters. The van der Waals surface area contributed by atoms with Crippen LogP contribution in [0.1, 0.15) is 34.8 Å². The van der Waals surface area contributed by atoms with Gasteiger partial charge in [-0.15, -0.1) is 0 Å². The Morgan fingerprint density at radius 1 is 1.03 bits per heavy atom. The van der Waals surface area contributed by atoms with E-state index < -0.39 is 30.4 Å². The van der Waals surface area contributed by atoms with Gasteiger partial charge in [0.25, 0.3) is 5.91 Å². The summed E-state index contributed by atoms with van der Waals surface area (Å²) in [6.07, 6.45) is 0.0711. The van der Waals surface area contributed by atoms with Crippen molar-refractivity contribution in [3.05, 3.63) is 65.2 Å². The molecule has 0 radical (unpaired) electrons. The van der Waals surface area contributed by atoms with E-state index in [2.05, 4.69) is 5.32 Å². The molecule has 2 aromatic carbocycles. The summed E-state index contributed by atoms with van der Waals surface area (Å²) in [5.41, 5.74) is 2.96. The van der Waals surface area contributed by atoms with E-state index in [1.165, 1.54) is 12.1 Å². The Labute approximate surface area is 186 Å². The SMILES string of the molecule is CCOC(=O)c1ccc(NC(=O)COC(=O)C2CC(=O)N(Cc3ccc(C)cc3)C2)cc1. The number of anilines is 1. The third-order valence-corrected chi connectivity index (χ3v) is 5.07. The summed E-state index contributed by atoms with van der Waals surface area (Å²) >= 11 is 0. The fraction of sp³-hybridized carbons (Fsp3) is 0.333. The maximum atomic E-state index is 12.3. The second kappa shape index (κ2) is 10.6. The van der Waals surface area contributed by atoms with Gasteiger partial charge >= 0.3 is 11.9 Å². The molecule has 1 heterocycles. The molecule has 0 bridgehead atoms. The highest BCUT2D eigenvalue weighted by atomic mass is 16.5. The molecule has 0 saturated carbocycles. The van der Waals surface area contributed by atoms with Crippen LogP contribution in [0.5, 0.6) is 0 Å². The Morgan fingerprint density at radius 2 is 1.72 bits per heavy atom. The van der Waals surface area contributed by atoms with Crippen LogP contribution in [0, 0.1) is 12.8 Å². The van der Waals surface area contributed by atoms with Crippen LogP contribution in [-0.4, -0.2) is 48.4 Å². The van der Waals surface area contributed by atoms with Crippen molar-refractivity contribution in [1.29, 1.82) is 0 Å². The molecular weight excluding hydrogens is 412 g/mol. The van der Waals surface area contributed by atoms with Crippen LogP contribution >= 0.6 is 0 Å². The fourth-order valence-electron chi connectivity index (χ4n) is 3.35. The zero-order valence-corrected chi connectivity index (χ0v) is 18.1. The van der Waals surface area contributed by atoms with Crippen LogP contribution in [-0.2, 0) is 30.4 Å². The maximum Gasteiger partial charge on any atom is 0.338 e.